The average Bonchev–Trinajstić information content (AvgIpc) is 2.65. The molecule has 96 valence electrons. The largest absolute Gasteiger partial charge is 0.396 e. The lowest BCUT2D eigenvalue weighted by molar-refractivity contribution is 0.0471. The Kier molecular flexibility index (Phi) is 2.80. The van der Waals surface area contributed by atoms with Crippen LogP contribution in [0.3, 0.4) is 0 Å². The van der Waals surface area contributed by atoms with Crippen LogP contribution in [0.15, 0.2) is 12.3 Å². The van der Waals surface area contributed by atoms with Crippen LogP contribution in [0.25, 0.3) is 5.78 Å². The molecule has 2 aromatic heterocycles. The van der Waals surface area contributed by atoms with Gasteiger partial charge < -0.3 is 5.11 Å². The van der Waals surface area contributed by atoms with E-state index in [-0.39, 0.29) is 0 Å². The summed E-state index contributed by atoms with van der Waals surface area (Å²) in [4.78, 5) is 11.3. The van der Waals surface area contributed by atoms with Crippen LogP contribution in [-0.4, -0.2) is 44.1 Å². The SMILES string of the molecule is Cc1cc(C)n2cc(CN3CC(CO)C3)nc2n1. The van der Waals surface area contributed by atoms with Crippen molar-refractivity contribution in [2.24, 2.45) is 5.92 Å². The summed E-state index contributed by atoms with van der Waals surface area (Å²) in [5.74, 6) is 1.23. The summed E-state index contributed by atoms with van der Waals surface area (Å²) in [6, 6.07) is 2.06. The van der Waals surface area contributed by atoms with E-state index in [1.165, 1.54) is 0 Å². The summed E-state index contributed by atoms with van der Waals surface area (Å²) < 4.78 is 2.03. The van der Waals surface area contributed by atoms with Crippen LogP contribution in [0.5, 0.6) is 0 Å². The van der Waals surface area contributed by atoms with Crippen LogP contribution in [0.4, 0.5) is 0 Å². The molecule has 5 heteroatoms. The van der Waals surface area contributed by atoms with Gasteiger partial charge in [-0.2, -0.15) is 0 Å². The minimum Gasteiger partial charge on any atom is -0.396 e. The molecular weight excluding hydrogens is 228 g/mol. The van der Waals surface area contributed by atoms with Crippen LogP contribution >= 0.6 is 0 Å². The van der Waals surface area contributed by atoms with Crippen molar-refractivity contribution in [1.82, 2.24) is 19.3 Å². The lowest BCUT2D eigenvalue weighted by Crippen LogP contribution is -2.47. The van der Waals surface area contributed by atoms with Gasteiger partial charge in [0.25, 0.3) is 0 Å². The first-order valence-electron chi connectivity index (χ1n) is 6.31. The molecule has 1 fully saturated rings. The van der Waals surface area contributed by atoms with Crippen LogP contribution in [0, 0.1) is 19.8 Å². The van der Waals surface area contributed by atoms with Gasteiger partial charge >= 0.3 is 0 Å². The zero-order chi connectivity index (χ0) is 12.7. The summed E-state index contributed by atoms with van der Waals surface area (Å²) in [7, 11) is 0. The van der Waals surface area contributed by atoms with Gasteiger partial charge in [0.1, 0.15) is 0 Å². The lowest BCUT2D eigenvalue weighted by atomic mass is 10.0. The van der Waals surface area contributed by atoms with E-state index < -0.39 is 0 Å². The third-order valence-electron chi connectivity index (χ3n) is 3.49. The molecule has 1 aliphatic rings. The fourth-order valence-electron chi connectivity index (χ4n) is 2.54. The molecule has 0 unspecified atom stereocenters. The Morgan fingerprint density at radius 3 is 2.83 bits per heavy atom. The van der Waals surface area contributed by atoms with Crippen molar-refractivity contribution in [3.05, 3.63) is 29.3 Å². The maximum Gasteiger partial charge on any atom is 0.234 e. The molecule has 1 aliphatic heterocycles. The number of aryl methyl sites for hydroxylation is 2. The minimum atomic E-state index is 0.293. The van der Waals surface area contributed by atoms with E-state index in [1.54, 1.807) is 0 Å². The molecular formula is C13H18N4O. The van der Waals surface area contributed by atoms with E-state index >= 15 is 0 Å². The number of aliphatic hydroxyl groups excluding tert-OH is 1. The van der Waals surface area contributed by atoms with E-state index in [0.717, 1.165) is 42.5 Å². The molecule has 0 spiro atoms. The van der Waals surface area contributed by atoms with E-state index in [9.17, 15) is 0 Å². The molecule has 5 nitrogen and oxygen atoms in total. The summed E-state index contributed by atoms with van der Waals surface area (Å²) in [6.45, 7) is 7.13. The van der Waals surface area contributed by atoms with Crippen molar-refractivity contribution < 1.29 is 5.11 Å². The molecule has 0 aromatic carbocycles. The number of aliphatic hydroxyl groups is 1. The molecule has 0 amide bonds. The fourth-order valence-corrected chi connectivity index (χ4v) is 2.54. The number of imidazole rings is 1. The first-order chi connectivity index (χ1) is 8.65. The normalized spacial score (nSPS) is 17.3. The van der Waals surface area contributed by atoms with E-state index in [4.69, 9.17) is 5.11 Å². The van der Waals surface area contributed by atoms with Crippen molar-refractivity contribution in [1.29, 1.82) is 0 Å². The Bertz CT molecular complexity index is 572. The van der Waals surface area contributed by atoms with Crippen LogP contribution in [0.2, 0.25) is 0 Å². The Balaban J connectivity index is 1.79. The number of hydrogen-bond acceptors (Lipinski definition) is 4. The molecule has 0 radical (unpaired) electrons. The molecule has 3 rings (SSSR count). The standard InChI is InChI=1S/C13H18N4O/c1-9-3-10(2)17-7-12(15-13(17)14-9)6-16-4-11(5-16)8-18/h3,7,11,18H,4-6,8H2,1-2H3. The number of nitrogens with zero attached hydrogens (tertiary/aromatic N) is 4. The summed E-state index contributed by atoms with van der Waals surface area (Å²) in [5.41, 5.74) is 3.21. The van der Waals surface area contributed by atoms with Gasteiger partial charge in [0.15, 0.2) is 0 Å². The van der Waals surface area contributed by atoms with Crippen molar-refractivity contribution in [3.8, 4) is 0 Å². The van der Waals surface area contributed by atoms with Gasteiger partial charge in [-0.1, -0.05) is 0 Å². The fraction of sp³-hybridized carbons (Fsp3) is 0.538. The summed E-state index contributed by atoms with van der Waals surface area (Å²) in [6.07, 6.45) is 2.06. The highest BCUT2D eigenvalue weighted by Crippen LogP contribution is 2.18. The second-order valence-corrected chi connectivity index (χ2v) is 5.18. The van der Waals surface area contributed by atoms with E-state index in [0.29, 0.717) is 12.5 Å². The maximum atomic E-state index is 8.99. The van der Waals surface area contributed by atoms with Crippen molar-refractivity contribution in [2.45, 2.75) is 20.4 Å². The van der Waals surface area contributed by atoms with Gasteiger partial charge in [0.05, 0.1) is 5.69 Å². The van der Waals surface area contributed by atoms with Crippen LogP contribution < -0.4 is 0 Å². The predicted octanol–water partition coefficient (Wildman–Crippen LogP) is 0.770. The zero-order valence-electron chi connectivity index (χ0n) is 10.8. The Hall–Kier alpha value is -1.46. The summed E-state index contributed by atoms with van der Waals surface area (Å²) in [5, 5.41) is 8.99. The smallest absolute Gasteiger partial charge is 0.234 e. The van der Waals surface area contributed by atoms with Gasteiger partial charge in [-0.05, 0) is 19.9 Å². The maximum absolute atomic E-state index is 8.99. The van der Waals surface area contributed by atoms with Gasteiger partial charge in [0.2, 0.25) is 5.78 Å². The highest BCUT2D eigenvalue weighted by molar-refractivity contribution is 5.34. The number of hydrogen-bond donors (Lipinski definition) is 1. The van der Waals surface area contributed by atoms with Gasteiger partial charge in [0, 0.05) is 49.7 Å². The van der Waals surface area contributed by atoms with Gasteiger partial charge in [-0.15, -0.1) is 0 Å². The highest BCUT2D eigenvalue weighted by atomic mass is 16.3. The zero-order valence-corrected chi connectivity index (χ0v) is 10.8. The molecule has 0 saturated carbocycles. The molecule has 1 saturated heterocycles. The predicted molar refractivity (Wildman–Crippen MR) is 68.3 cm³/mol. The van der Waals surface area contributed by atoms with Crippen molar-refractivity contribution in [2.75, 3.05) is 19.7 Å². The monoisotopic (exact) mass is 246 g/mol. The second kappa shape index (κ2) is 4.33. The van der Waals surface area contributed by atoms with Crippen molar-refractivity contribution in [3.63, 3.8) is 0 Å². The molecule has 0 aliphatic carbocycles. The molecule has 1 N–H and O–H groups in total. The Labute approximate surface area is 106 Å². The van der Waals surface area contributed by atoms with Gasteiger partial charge in [-0.25, -0.2) is 9.97 Å². The first-order valence-corrected chi connectivity index (χ1v) is 6.31. The second-order valence-electron chi connectivity index (χ2n) is 5.18. The molecule has 2 aromatic rings. The van der Waals surface area contributed by atoms with Crippen LogP contribution in [0.1, 0.15) is 17.1 Å². The third kappa shape index (κ3) is 2.00. The lowest BCUT2D eigenvalue weighted by Gasteiger charge is -2.37. The molecule has 18 heavy (non-hydrogen) atoms. The summed E-state index contributed by atoms with van der Waals surface area (Å²) >= 11 is 0. The van der Waals surface area contributed by atoms with Crippen molar-refractivity contribution >= 4 is 5.78 Å². The highest BCUT2D eigenvalue weighted by Gasteiger charge is 2.26. The van der Waals surface area contributed by atoms with E-state index in [2.05, 4.69) is 34.1 Å². The average molecular weight is 246 g/mol. The first kappa shape index (κ1) is 11.6. The Morgan fingerprint density at radius 2 is 2.11 bits per heavy atom. The quantitative estimate of drug-likeness (QED) is 0.869. The third-order valence-corrected chi connectivity index (χ3v) is 3.49. The number of likely N-dealkylation sites (tertiary alicyclic amines) is 1. The number of rotatable bonds is 3. The van der Waals surface area contributed by atoms with Gasteiger partial charge in [-0.3, -0.25) is 9.30 Å². The topological polar surface area (TPSA) is 53.7 Å². The molecule has 0 atom stereocenters. The number of fused-ring (bicyclic) bond motifs is 1. The molecule has 0 bridgehead atoms. The molecule has 3 heterocycles. The Morgan fingerprint density at radius 1 is 1.33 bits per heavy atom. The number of aromatic nitrogens is 3. The van der Waals surface area contributed by atoms with Crippen LogP contribution in [-0.2, 0) is 6.54 Å². The minimum absolute atomic E-state index is 0.293. The van der Waals surface area contributed by atoms with E-state index in [1.807, 2.05) is 11.3 Å².